The summed E-state index contributed by atoms with van der Waals surface area (Å²) in [5, 5.41) is 9.40. The van der Waals surface area contributed by atoms with E-state index < -0.39 is 11.6 Å². The van der Waals surface area contributed by atoms with E-state index in [4.69, 9.17) is 14.2 Å². The second-order valence-corrected chi connectivity index (χ2v) is 12.8. The summed E-state index contributed by atoms with van der Waals surface area (Å²) in [7, 11) is 3.30. The van der Waals surface area contributed by atoms with Gasteiger partial charge in [-0.05, 0) is 93.2 Å². The molecule has 1 amide bonds. The third-order valence-corrected chi connectivity index (χ3v) is 9.03. The largest absolute Gasteiger partial charge is 0.497 e. The van der Waals surface area contributed by atoms with Gasteiger partial charge in [0.15, 0.2) is 0 Å². The molecule has 240 valence electrons. The van der Waals surface area contributed by atoms with Crippen LogP contribution in [-0.4, -0.2) is 68.0 Å². The minimum absolute atomic E-state index is 0.00856. The van der Waals surface area contributed by atoms with E-state index in [2.05, 4.69) is 9.88 Å². The quantitative estimate of drug-likeness (QED) is 0.222. The number of nitrogens with zero attached hydrogens (tertiary/aromatic N) is 3. The Kier molecular flexibility index (Phi) is 10.3. The van der Waals surface area contributed by atoms with Crippen molar-refractivity contribution in [2.45, 2.75) is 57.5 Å². The first-order valence-corrected chi connectivity index (χ1v) is 15.8. The summed E-state index contributed by atoms with van der Waals surface area (Å²) in [6.07, 6.45) is 5.80. The van der Waals surface area contributed by atoms with Crippen molar-refractivity contribution in [2.75, 3.05) is 50.3 Å². The summed E-state index contributed by atoms with van der Waals surface area (Å²) in [5.41, 5.74) is 2.74. The number of para-hydroxylation sites is 1. The molecule has 2 aliphatic rings. The fourth-order valence-electron chi connectivity index (χ4n) is 6.08. The van der Waals surface area contributed by atoms with E-state index in [1.807, 2.05) is 74.5 Å². The van der Waals surface area contributed by atoms with Crippen molar-refractivity contribution >= 4 is 23.3 Å². The van der Waals surface area contributed by atoms with E-state index >= 15 is 0 Å². The molecule has 45 heavy (non-hydrogen) atoms. The van der Waals surface area contributed by atoms with Crippen molar-refractivity contribution in [2.24, 2.45) is 11.8 Å². The molecule has 9 heteroatoms. The van der Waals surface area contributed by atoms with E-state index in [9.17, 15) is 14.7 Å². The molecule has 1 aromatic heterocycles. The lowest BCUT2D eigenvalue weighted by molar-refractivity contribution is -0.137. The van der Waals surface area contributed by atoms with E-state index in [0.29, 0.717) is 42.2 Å². The van der Waals surface area contributed by atoms with Gasteiger partial charge >= 0.3 is 5.97 Å². The number of carbonyl (C=O) groups is 2. The molecule has 0 radical (unpaired) electrons. The number of carbonyl (C=O) groups excluding carboxylic acids is 1. The van der Waals surface area contributed by atoms with Gasteiger partial charge in [-0.2, -0.15) is 0 Å². The molecule has 0 spiro atoms. The Morgan fingerprint density at radius 2 is 1.76 bits per heavy atom. The lowest BCUT2D eigenvalue weighted by atomic mass is 9.92. The van der Waals surface area contributed by atoms with E-state index in [-0.39, 0.29) is 18.2 Å². The second kappa shape index (κ2) is 14.3. The molecule has 1 saturated carbocycles. The van der Waals surface area contributed by atoms with Crippen molar-refractivity contribution < 1.29 is 28.9 Å². The van der Waals surface area contributed by atoms with Gasteiger partial charge in [0, 0.05) is 44.2 Å². The van der Waals surface area contributed by atoms with E-state index in [1.165, 1.54) is 0 Å². The van der Waals surface area contributed by atoms with Crippen LogP contribution >= 0.6 is 0 Å². The third-order valence-electron chi connectivity index (χ3n) is 9.03. The number of pyridine rings is 1. The SMILES string of the molecule is COc1ccc(C(=O)N(CC(C)(C)OC)c2ccccc2)c(N2CCC(COc3cc(C(CC(=O)O)C4CC4)ccn3)CC2)c1. The summed E-state index contributed by atoms with van der Waals surface area (Å²) in [4.78, 5) is 34.2. The number of piperidine rings is 1. The molecule has 1 aliphatic heterocycles. The van der Waals surface area contributed by atoms with Gasteiger partial charge in [0.1, 0.15) is 5.75 Å². The smallest absolute Gasteiger partial charge is 0.303 e. The number of aromatic nitrogens is 1. The fraction of sp³-hybridized carbons (Fsp3) is 0.472. The topological polar surface area (TPSA) is 101 Å². The van der Waals surface area contributed by atoms with Gasteiger partial charge in [-0.3, -0.25) is 9.59 Å². The van der Waals surface area contributed by atoms with Crippen LogP contribution in [0.5, 0.6) is 11.6 Å². The molecule has 2 heterocycles. The molecule has 0 bridgehead atoms. The standard InChI is InChI=1S/C36H45N3O6/c1-36(2,44-4)24-39(28-8-6-5-7-9-28)35(42)30-13-12-29(43-3)21-32(30)38-18-15-25(16-19-38)23-45-33-20-27(14-17-37-33)31(22-34(40)41)26-10-11-26/h5-9,12-14,17,20-21,25-26,31H,10-11,15-16,18-19,22-24H2,1-4H3,(H,40,41). The average molecular weight is 616 g/mol. The highest BCUT2D eigenvalue weighted by Crippen LogP contribution is 2.45. The van der Waals surface area contributed by atoms with Crippen LogP contribution in [0.1, 0.15) is 67.8 Å². The van der Waals surface area contributed by atoms with Crippen LogP contribution in [0.15, 0.2) is 66.9 Å². The summed E-state index contributed by atoms with van der Waals surface area (Å²) in [6.45, 7) is 6.42. The number of carboxylic acid groups (broad SMARTS) is 1. The zero-order chi connectivity index (χ0) is 32.0. The number of anilines is 2. The number of carboxylic acids is 1. The predicted molar refractivity (Wildman–Crippen MR) is 175 cm³/mol. The van der Waals surface area contributed by atoms with Crippen LogP contribution in [0.2, 0.25) is 0 Å². The van der Waals surface area contributed by atoms with Crippen LogP contribution in [0.4, 0.5) is 11.4 Å². The molecule has 2 aromatic carbocycles. The van der Waals surface area contributed by atoms with Crippen LogP contribution in [0.25, 0.3) is 0 Å². The number of methoxy groups -OCH3 is 2. The Hall–Kier alpha value is -4.11. The zero-order valence-corrected chi connectivity index (χ0v) is 26.8. The Labute approximate surface area is 266 Å². The number of amides is 1. The maximum absolute atomic E-state index is 14.2. The van der Waals surface area contributed by atoms with Gasteiger partial charge in [-0.1, -0.05) is 18.2 Å². The summed E-state index contributed by atoms with van der Waals surface area (Å²) >= 11 is 0. The monoisotopic (exact) mass is 615 g/mol. The van der Waals surface area contributed by atoms with Crippen LogP contribution in [-0.2, 0) is 9.53 Å². The van der Waals surface area contributed by atoms with Gasteiger partial charge in [0.2, 0.25) is 5.88 Å². The Balaban J connectivity index is 1.27. The molecule has 9 nitrogen and oxygen atoms in total. The molecule has 5 rings (SSSR count). The number of hydrogen-bond acceptors (Lipinski definition) is 7. The Morgan fingerprint density at radius 3 is 2.40 bits per heavy atom. The van der Waals surface area contributed by atoms with Crippen molar-refractivity contribution in [3.05, 3.63) is 78.0 Å². The minimum atomic E-state index is -0.773. The first kappa shape index (κ1) is 32.3. The van der Waals surface area contributed by atoms with Crippen molar-refractivity contribution in [1.82, 2.24) is 4.98 Å². The van der Waals surface area contributed by atoms with Crippen LogP contribution in [0, 0.1) is 11.8 Å². The Bertz CT molecular complexity index is 1450. The van der Waals surface area contributed by atoms with E-state index in [1.54, 1.807) is 25.3 Å². The molecule has 2 fully saturated rings. The van der Waals surface area contributed by atoms with Crippen molar-refractivity contribution in [3.8, 4) is 11.6 Å². The number of ether oxygens (including phenoxy) is 3. The lowest BCUT2D eigenvalue weighted by Crippen LogP contribution is -2.44. The lowest BCUT2D eigenvalue weighted by Gasteiger charge is -2.36. The van der Waals surface area contributed by atoms with Crippen LogP contribution in [0.3, 0.4) is 0 Å². The summed E-state index contributed by atoms with van der Waals surface area (Å²) in [5.74, 6) is 1.16. The minimum Gasteiger partial charge on any atom is -0.497 e. The van der Waals surface area contributed by atoms with Gasteiger partial charge in [0.05, 0.1) is 43.5 Å². The molecule has 1 unspecified atom stereocenters. The fourth-order valence-corrected chi connectivity index (χ4v) is 6.08. The second-order valence-electron chi connectivity index (χ2n) is 12.8. The number of rotatable bonds is 14. The first-order chi connectivity index (χ1) is 21.7. The predicted octanol–water partition coefficient (Wildman–Crippen LogP) is 6.43. The Morgan fingerprint density at radius 1 is 1.02 bits per heavy atom. The van der Waals surface area contributed by atoms with E-state index in [0.717, 1.165) is 55.7 Å². The maximum atomic E-state index is 14.2. The molecule has 1 atom stereocenters. The maximum Gasteiger partial charge on any atom is 0.303 e. The third kappa shape index (κ3) is 8.34. The van der Waals surface area contributed by atoms with Crippen molar-refractivity contribution in [1.29, 1.82) is 0 Å². The molecule has 1 aliphatic carbocycles. The molecule has 1 saturated heterocycles. The van der Waals surface area contributed by atoms with Crippen LogP contribution < -0.4 is 19.3 Å². The normalized spacial score (nSPS) is 16.2. The molecule has 1 N–H and O–H groups in total. The summed E-state index contributed by atoms with van der Waals surface area (Å²) in [6, 6.07) is 19.2. The van der Waals surface area contributed by atoms with Gasteiger partial charge in [-0.15, -0.1) is 0 Å². The van der Waals surface area contributed by atoms with Gasteiger partial charge in [-0.25, -0.2) is 4.98 Å². The molecular weight excluding hydrogens is 570 g/mol. The highest BCUT2D eigenvalue weighted by molar-refractivity contribution is 6.10. The average Bonchev–Trinajstić information content (AvgIpc) is 3.91. The van der Waals surface area contributed by atoms with Gasteiger partial charge < -0.3 is 29.1 Å². The summed E-state index contributed by atoms with van der Waals surface area (Å²) < 4.78 is 17.4. The van der Waals surface area contributed by atoms with Gasteiger partial charge in [0.25, 0.3) is 5.91 Å². The number of aliphatic carboxylic acids is 1. The highest BCUT2D eigenvalue weighted by atomic mass is 16.5. The first-order valence-electron chi connectivity index (χ1n) is 15.8. The number of hydrogen-bond donors (Lipinski definition) is 1. The zero-order valence-electron chi connectivity index (χ0n) is 26.8. The molecular formula is C36H45N3O6. The molecule has 3 aromatic rings. The number of benzene rings is 2. The highest BCUT2D eigenvalue weighted by Gasteiger charge is 2.34. The van der Waals surface area contributed by atoms with Crippen molar-refractivity contribution in [3.63, 3.8) is 0 Å².